The molecule has 1 aliphatic heterocycles. The van der Waals surface area contributed by atoms with E-state index in [2.05, 4.69) is 10.6 Å². The first-order valence-corrected chi connectivity index (χ1v) is 8.70. The molecule has 136 valence electrons. The van der Waals surface area contributed by atoms with Gasteiger partial charge in [-0.05, 0) is 75.1 Å². The summed E-state index contributed by atoms with van der Waals surface area (Å²) in [5, 5.41) is 5.79. The number of nitrogens with one attached hydrogen (secondary N) is 2. The predicted octanol–water partition coefficient (Wildman–Crippen LogP) is 4.51. The molecule has 5 nitrogen and oxygen atoms in total. The van der Waals surface area contributed by atoms with Gasteiger partial charge >= 0.3 is 6.03 Å². The number of hydrogen-bond donors (Lipinski definition) is 2. The standard InChI is InChI=1S/C21H25N3O2/c1-12-7-8-13(2)17(9-12)23-20(26)22-15-10-14(3)18-16(11-15)21(4,5)19(25)24(18)6/h7-11H,1-6H3,(H2,22,23,26). The van der Waals surface area contributed by atoms with Crippen LogP contribution in [0.25, 0.3) is 0 Å². The first-order valence-electron chi connectivity index (χ1n) is 8.70. The number of carbonyl (C=O) groups excluding carboxylic acids is 2. The summed E-state index contributed by atoms with van der Waals surface area (Å²) in [6.07, 6.45) is 0. The average Bonchev–Trinajstić information content (AvgIpc) is 2.72. The molecule has 0 unspecified atom stereocenters. The fourth-order valence-corrected chi connectivity index (χ4v) is 3.56. The molecule has 0 aromatic heterocycles. The van der Waals surface area contributed by atoms with E-state index in [1.54, 1.807) is 11.9 Å². The number of fused-ring (bicyclic) bond motifs is 1. The van der Waals surface area contributed by atoms with Crippen molar-refractivity contribution >= 4 is 29.0 Å². The lowest BCUT2D eigenvalue weighted by molar-refractivity contribution is -0.121. The first kappa shape index (κ1) is 18.0. The highest BCUT2D eigenvalue weighted by Crippen LogP contribution is 2.44. The van der Waals surface area contributed by atoms with Crippen molar-refractivity contribution in [2.75, 3.05) is 22.6 Å². The summed E-state index contributed by atoms with van der Waals surface area (Å²) in [5.41, 5.74) is 5.79. The molecule has 26 heavy (non-hydrogen) atoms. The third-order valence-electron chi connectivity index (χ3n) is 5.05. The molecule has 3 amide bonds. The molecule has 2 aromatic carbocycles. The van der Waals surface area contributed by atoms with Crippen molar-refractivity contribution in [1.82, 2.24) is 0 Å². The van der Waals surface area contributed by atoms with Gasteiger partial charge in [0, 0.05) is 18.4 Å². The molecule has 0 spiro atoms. The van der Waals surface area contributed by atoms with E-state index in [1.807, 2.05) is 65.0 Å². The Morgan fingerprint density at radius 2 is 1.69 bits per heavy atom. The van der Waals surface area contributed by atoms with Crippen LogP contribution in [-0.4, -0.2) is 19.0 Å². The molecule has 0 fully saturated rings. The van der Waals surface area contributed by atoms with Crippen LogP contribution in [0.2, 0.25) is 0 Å². The second kappa shape index (κ2) is 6.16. The van der Waals surface area contributed by atoms with Crippen molar-refractivity contribution in [3.8, 4) is 0 Å². The maximum Gasteiger partial charge on any atom is 0.323 e. The summed E-state index contributed by atoms with van der Waals surface area (Å²) in [6.45, 7) is 9.73. The number of rotatable bonds is 2. The number of anilines is 3. The molecule has 1 heterocycles. The molecular formula is C21H25N3O2. The summed E-state index contributed by atoms with van der Waals surface area (Å²) in [4.78, 5) is 26.7. The summed E-state index contributed by atoms with van der Waals surface area (Å²) in [6, 6.07) is 9.43. The number of nitrogens with zero attached hydrogens (tertiary/aromatic N) is 1. The summed E-state index contributed by atoms with van der Waals surface area (Å²) >= 11 is 0. The van der Waals surface area contributed by atoms with E-state index >= 15 is 0 Å². The minimum atomic E-state index is -0.601. The van der Waals surface area contributed by atoms with Gasteiger partial charge in [0.25, 0.3) is 0 Å². The molecule has 0 saturated heterocycles. The number of amides is 3. The lowest BCUT2D eigenvalue weighted by atomic mass is 9.85. The van der Waals surface area contributed by atoms with Gasteiger partial charge in [-0.15, -0.1) is 0 Å². The minimum Gasteiger partial charge on any atom is -0.314 e. The third-order valence-corrected chi connectivity index (χ3v) is 5.05. The second-order valence-corrected chi connectivity index (χ2v) is 7.58. The SMILES string of the molecule is Cc1ccc(C)c(NC(=O)Nc2cc(C)c3c(c2)C(C)(C)C(=O)N3C)c1. The Balaban J connectivity index is 1.87. The van der Waals surface area contributed by atoms with Gasteiger partial charge in [0.1, 0.15) is 0 Å². The Morgan fingerprint density at radius 1 is 1.00 bits per heavy atom. The molecule has 3 rings (SSSR count). The fourth-order valence-electron chi connectivity index (χ4n) is 3.56. The lowest BCUT2D eigenvalue weighted by Gasteiger charge is -2.17. The average molecular weight is 351 g/mol. The lowest BCUT2D eigenvalue weighted by Crippen LogP contribution is -2.33. The van der Waals surface area contributed by atoms with Crippen molar-refractivity contribution in [3.63, 3.8) is 0 Å². The molecule has 2 N–H and O–H groups in total. The number of aryl methyl sites for hydroxylation is 3. The van der Waals surface area contributed by atoms with E-state index in [0.29, 0.717) is 5.69 Å². The molecule has 0 aliphatic carbocycles. The zero-order valence-corrected chi connectivity index (χ0v) is 16.2. The first-order chi connectivity index (χ1) is 12.1. The monoisotopic (exact) mass is 351 g/mol. The van der Waals surface area contributed by atoms with E-state index in [-0.39, 0.29) is 11.9 Å². The van der Waals surface area contributed by atoms with E-state index in [4.69, 9.17) is 0 Å². The van der Waals surface area contributed by atoms with Crippen LogP contribution in [0.1, 0.15) is 36.1 Å². The molecule has 0 saturated carbocycles. The molecule has 2 aromatic rings. The Labute approximate surface area is 154 Å². The Hall–Kier alpha value is -2.82. The highest BCUT2D eigenvalue weighted by Gasteiger charge is 2.43. The number of urea groups is 1. The van der Waals surface area contributed by atoms with E-state index in [0.717, 1.165) is 33.6 Å². The molecule has 5 heteroatoms. The van der Waals surface area contributed by atoms with Crippen LogP contribution in [0, 0.1) is 20.8 Å². The van der Waals surface area contributed by atoms with Gasteiger partial charge < -0.3 is 15.5 Å². The normalized spacial score (nSPS) is 15.0. The van der Waals surface area contributed by atoms with Gasteiger partial charge in [-0.3, -0.25) is 4.79 Å². The van der Waals surface area contributed by atoms with E-state index in [1.165, 1.54) is 0 Å². The van der Waals surface area contributed by atoms with Gasteiger partial charge in [0.05, 0.1) is 11.1 Å². The second-order valence-electron chi connectivity index (χ2n) is 7.58. The summed E-state index contributed by atoms with van der Waals surface area (Å²) < 4.78 is 0. The minimum absolute atomic E-state index is 0.0626. The van der Waals surface area contributed by atoms with Gasteiger partial charge in [-0.25, -0.2) is 4.79 Å². The van der Waals surface area contributed by atoms with Crippen molar-refractivity contribution in [3.05, 3.63) is 52.6 Å². The Kier molecular flexibility index (Phi) is 4.26. The quantitative estimate of drug-likeness (QED) is 0.836. The van der Waals surface area contributed by atoms with Crippen LogP contribution >= 0.6 is 0 Å². The summed E-state index contributed by atoms with van der Waals surface area (Å²) in [5.74, 6) is 0.0626. The summed E-state index contributed by atoms with van der Waals surface area (Å²) in [7, 11) is 1.79. The highest BCUT2D eigenvalue weighted by atomic mass is 16.2. The van der Waals surface area contributed by atoms with Gasteiger partial charge in [-0.2, -0.15) is 0 Å². The zero-order chi connectivity index (χ0) is 19.2. The van der Waals surface area contributed by atoms with Crippen molar-refractivity contribution in [1.29, 1.82) is 0 Å². The molecule has 0 radical (unpaired) electrons. The maximum absolute atomic E-state index is 12.5. The van der Waals surface area contributed by atoms with E-state index < -0.39 is 5.41 Å². The van der Waals surface area contributed by atoms with Crippen molar-refractivity contribution < 1.29 is 9.59 Å². The van der Waals surface area contributed by atoms with Crippen LogP contribution in [0.15, 0.2) is 30.3 Å². The van der Waals surface area contributed by atoms with E-state index in [9.17, 15) is 9.59 Å². The van der Waals surface area contributed by atoms with Crippen LogP contribution in [0.3, 0.4) is 0 Å². The maximum atomic E-state index is 12.5. The number of benzene rings is 2. The van der Waals surface area contributed by atoms with Gasteiger partial charge in [-0.1, -0.05) is 12.1 Å². The van der Waals surface area contributed by atoms with Crippen LogP contribution < -0.4 is 15.5 Å². The Morgan fingerprint density at radius 3 is 2.38 bits per heavy atom. The molecular weight excluding hydrogens is 326 g/mol. The largest absolute Gasteiger partial charge is 0.323 e. The van der Waals surface area contributed by atoms with Gasteiger partial charge in [0.2, 0.25) is 5.91 Å². The highest BCUT2D eigenvalue weighted by molar-refractivity contribution is 6.09. The molecule has 0 bridgehead atoms. The molecule has 1 aliphatic rings. The number of hydrogen-bond acceptors (Lipinski definition) is 2. The smallest absolute Gasteiger partial charge is 0.314 e. The van der Waals surface area contributed by atoms with Crippen LogP contribution in [0.5, 0.6) is 0 Å². The fraction of sp³-hybridized carbons (Fsp3) is 0.333. The zero-order valence-electron chi connectivity index (χ0n) is 16.2. The molecule has 0 atom stereocenters. The Bertz CT molecular complexity index is 916. The van der Waals surface area contributed by atoms with Crippen LogP contribution in [-0.2, 0) is 10.2 Å². The topological polar surface area (TPSA) is 61.4 Å². The van der Waals surface area contributed by atoms with Gasteiger partial charge in [0.15, 0.2) is 0 Å². The van der Waals surface area contributed by atoms with Crippen LogP contribution in [0.4, 0.5) is 21.9 Å². The van der Waals surface area contributed by atoms with Crippen molar-refractivity contribution in [2.24, 2.45) is 0 Å². The number of likely N-dealkylation sites (N-methyl/N-ethyl adjacent to an activating group) is 1. The van der Waals surface area contributed by atoms with Crippen molar-refractivity contribution in [2.45, 2.75) is 40.0 Å². The predicted molar refractivity (Wildman–Crippen MR) is 106 cm³/mol. The third kappa shape index (κ3) is 2.94. The number of carbonyl (C=O) groups is 2.